The van der Waals surface area contributed by atoms with Crippen LogP contribution in [0.5, 0.6) is 0 Å². The fourth-order valence-corrected chi connectivity index (χ4v) is 3.30. The van der Waals surface area contributed by atoms with Crippen LogP contribution < -0.4 is 10.2 Å². The minimum Gasteiger partial charge on any atom is -0.370 e. The van der Waals surface area contributed by atoms with Crippen LogP contribution in [0, 0.1) is 11.8 Å². The lowest BCUT2D eigenvalue weighted by Crippen LogP contribution is -2.38. The summed E-state index contributed by atoms with van der Waals surface area (Å²) in [7, 11) is 0. The maximum absolute atomic E-state index is 11.6. The second-order valence-electron chi connectivity index (χ2n) is 6.12. The fourth-order valence-electron chi connectivity index (χ4n) is 2.94. The molecular formula is C16H22Cl2N2O. The van der Waals surface area contributed by atoms with E-state index in [0.29, 0.717) is 22.5 Å². The van der Waals surface area contributed by atoms with Gasteiger partial charge in [-0.1, -0.05) is 25.4 Å². The van der Waals surface area contributed by atoms with Gasteiger partial charge in [0.05, 0.1) is 10.7 Å². The molecular weight excluding hydrogens is 307 g/mol. The molecule has 1 N–H and O–H groups in total. The lowest BCUT2D eigenvalue weighted by molar-refractivity contribution is -0.115. The Morgan fingerprint density at radius 3 is 2.48 bits per heavy atom. The number of hydrogen-bond donors (Lipinski definition) is 1. The van der Waals surface area contributed by atoms with Crippen molar-refractivity contribution in [2.45, 2.75) is 32.6 Å². The number of benzene rings is 1. The molecule has 3 nitrogen and oxygen atoms in total. The molecule has 5 heteroatoms. The number of piperidine rings is 1. The van der Waals surface area contributed by atoms with Crippen LogP contribution in [0.3, 0.4) is 0 Å². The summed E-state index contributed by atoms with van der Waals surface area (Å²) in [5.41, 5.74) is 1.71. The fraction of sp³-hybridized carbons (Fsp3) is 0.562. The quantitative estimate of drug-likeness (QED) is 0.834. The van der Waals surface area contributed by atoms with Crippen molar-refractivity contribution in [3.63, 3.8) is 0 Å². The second-order valence-corrected chi connectivity index (χ2v) is 7.18. The molecule has 2 rings (SSSR count). The Balaban J connectivity index is 2.13. The van der Waals surface area contributed by atoms with Gasteiger partial charge in [-0.2, -0.15) is 0 Å². The molecule has 0 aliphatic carbocycles. The number of carbonyl (C=O) groups is 1. The molecule has 1 aliphatic heterocycles. The summed E-state index contributed by atoms with van der Waals surface area (Å²) in [5, 5.41) is 2.86. The average Bonchev–Trinajstić information content (AvgIpc) is 2.37. The summed E-state index contributed by atoms with van der Waals surface area (Å²) >= 11 is 12.1. The minimum absolute atomic E-state index is 0.222. The predicted molar refractivity (Wildman–Crippen MR) is 90.6 cm³/mol. The predicted octanol–water partition coefficient (Wildman–Crippen LogP) is 4.39. The molecule has 1 fully saturated rings. The standard InChI is InChI=1S/C16H22Cl2N2O/c1-10-6-11(2)9-20(8-10)15-5-4-13(7-14(15)18)19-16(21)12(3)17/h4-5,7,10-12H,6,8-9H2,1-3H3,(H,19,21)/t10-,11+,12-/m0/s1. The Morgan fingerprint density at radius 1 is 1.33 bits per heavy atom. The van der Waals surface area contributed by atoms with Gasteiger partial charge in [-0.15, -0.1) is 11.6 Å². The summed E-state index contributed by atoms with van der Waals surface area (Å²) in [6.07, 6.45) is 1.26. The molecule has 1 aliphatic rings. The largest absolute Gasteiger partial charge is 0.370 e. The number of carbonyl (C=O) groups excluding carboxylic acids is 1. The zero-order chi connectivity index (χ0) is 15.6. The molecule has 0 radical (unpaired) electrons. The van der Waals surface area contributed by atoms with Gasteiger partial charge in [-0.25, -0.2) is 0 Å². The SMILES string of the molecule is C[C@@H]1C[C@H](C)CN(c2ccc(NC(=O)[C@H](C)Cl)cc2Cl)C1. The van der Waals surface area contributed by atoms with Crippen molar-refractivity contribution in [2.75, 3.05) is 23.3 Å². The number of nitrogens with zero attached hydrogens (tertiary/aromatic N) is 1. The van der Waals surface area contributed by atoms with Crippen molar-refractivity contribution >= 4 is 40.5 Å². The maximum Gasteiger partial charge on any atom is 0.242 e. The van der Waals surface area contributed by atoms with Crippen LogP contribution in [0.4, 0.5) is 11.4 Å². The Labute approximate surface area is 136 Å². The van der Waals surface area contributed by atoms with Gasteiger partial charge < -0.3 is 10.2 Å². The normalized spacial score (nSPS) is 23.8. The van der Waals surface area contributed by atoms with Gasteiger partial charge in [-0.05, 0) is 43.4 Å². The summed E-state index contributed by atoms with van der Waals surface area (Å²) in [5.74, 6) is 1.11. The van der Waals surface area contributed by atoms with Crippen LogP contribution in [0.25, 0.3) is 0 Å². The van der Waals surface area contributed by atoms with E-state index >= 15 is 0 Å². The van der Waals surface area contributed by atoms with E-state index in [1.165, 1.54) is 6.42 Å². The average molecular weight is 329 g/mol. The first-order chi connectivity index (χ1) is 9.86. The molecule has 1 aromatic rings. The highest BCUT2D eigenvalue weighted by atomic mass is 35.5. The molecule has 0 bridgehead atoms. The molecule has 1 amide bonds. The number of alkyl halides is 1. The van der Waals surface area contributed by atoms with Gasteiger partial charge in [0, 0.05) is 18.8 Å². The van der Waals surface area contributed by atoms with Crippen LogP contribution in [0.2, 0.25) is 5.02 Å². The summed E-state index contributed by atoms with van der Waals surface area (Å²) in [6, 6.07) is 5.64. The number of nitrogens with one attached hydrogen (secondary N) is 1. The molecule has 1 heterocycles. The van der Waals surface area contributed by atoms with E-state index in [9.17, 15) is 4.79 Å². The first kappa shape index (κ1) is 16.4. The molecule has 0 spiro atoms. The molecule has 0 unspecified atom stereocenters. The van der Waals surface area contributed by atoms with E-state index < -0.39 is 5.38 Å². The monoisotopic (exact) mass is 328 g/mol. The number of anilines is 2. The third-order valence-electron chi connectivity index (χ3n) is 3.79. The van der Waals surface area contributed by atoms with Gasteiger partial charge >= 0.3 is 0 Å². The van der Waals surface area contributed by atoms with E-state index in [1.54, 1.807) is 13.0 Å². The number of halogens is 2. The Morgan fingerprint density at radius 2 is 1.95 bits per heavy atom. The first-order valence-corrected chi connectivity index (χ1v) is 8.17. The first-order valence-electron chi connectivity index (χ1n) is 7.36. The Hall–Kier alpha value is -0.930. The highest BCUT2D eigenvalue weighted by Gasteiger charge is 2.23. The van der Waals surface area contributed by atoms with Crippen LogP contribution >= 0.6 is 23.2 Å². The summed E-state index contributed by atoms with van der Waals surface area (Å²) < 4.78 is 0. The van der Waals surface area contributed by atoms with Gasteiger partial charge in [-0.3, -0.25) is 4.79 Å². The van der Waals surface area contributed by atoms with Gasteiger partial charge in [0.25, 0.3) is 0 Å². The van der Waals surface area contributed by atoms with Crippen LogP contribution in [-0.2, 0) is 4.79 Å². The van der Waals surface area contributed by atoms with Crippen molar-refractivity contribution in [2.24, 2.45) is 11.8 Å². The maximum atomic E-state index is 11.6. The molecule has 21 heavy (non-hydrogen) atoms. The third kappa shape index (κ3) is 4.27. The molecule has 116 valence electrons. The van der Waals surface area contributed by atoms with Crippen molar-refractivity contribution in [1.29, 1.82) is 0 Å². The smallest absolute Gasteiger partial charge is 0.242 e. The molecule has 0 saturated carbocycles. The van der Waals surface area contributed by atoms with Crippen molar-refractivity contribution in [3.8, 4) is 0 Å². The topological polar surface area (TPSA) is 32.3 Å². The zero-order valence-electron chi connectivity index (χ0n) is 12.7. The highest BCUT2D eigenvalue weighted by molar-refractivity contribution is 6.34. The minimum atomic E-state index is -0.563. The Bertz CT molecular complexity index is 509. The van der Waals surface area contributed by atoms with Crippen molar-refractivity contribution in [3.05, 3.63) is 23.2 Å². The number of hydrogen-bond acceptors (Lipinski definition) is 2. The lowest BCUT2D eigenvalue weighted by atomic mass is 9.91. The number of amides is 1. The van der Waals surface area contributed by atoms with Gasteiger partial charge in [0.2, 0.25) is 5.91 Å². The Kier molecular flexibility index (Phi) is 5.39. The third-order valence-corrected chi connectivity index (χ3v) is 4.29. The van der Waals surface area contributed by atoms with Gasteiger partial charge in [0.1, 0.15) is 5.38 Å². The van der Waals surface area contributed by atoms with Gasteiger partial charge in [0.15, 0.2) is 0 Å². The molecule has 0 aromatic heterocycles. The van der Waals surface area contributed by atoms with Crippen LogP contribution in [0.15, 0.2) is 18.2 Å². The van der Waals surface area contributed by atoms with E-state index in [4.69, 9.17) is 23.2 Å². The molecule has 1 aromatic carbocycles. The van der Waals surface area contributed by atoms with Crippen LogP contribution in [0.1, 0.15) is 27.2 Å². The lowest BCUT2D eigenvalue weighted by Gasteiger charge is -2.37. The van der Waals surface area contributed by atoms with E-state index in [-0.39, 0.29) is 5.91 Å². The van der Waals surface area contributed by atoms with Crippen molar-refractivity contribution < 1.29 is 4.79 Å². The van der Waals surface area contributed by atoms with E-state index in [2.05, 4.69) is 24.1 Å². The highest BCUT2D eigenvalue weighted by Crippen LogP contribution is 2.33. The molecule has 3 atom stereocenters. The van der Waals surface area contributed by atoms with Crippen molar-refractivity contribution in [1.82, 2.24) is 0 Å². The number of rotatable bonds is 3. The second kappa shape index (κ2) is 6.89. The summed E-state index contributed by atoms with van der Waals surface area (Å²) in [6.45, 7) is 8.23. The van der Waals surface area contributed by atoms with Crippen LogP contribution in [-0.4, -0.2) is 24.4 Å². The zero-order valence-corrected chi connectivity index (χ0v) is 14.2. The molecule has 1 saturated heterocycles. The summed E-state index contributed by atoms with van der Waals surface area (Å²) in [4.78, 5) is 13.9. The van der Waals surface area contributed by atoms with E-state index in [0.717, 1.165) is 18.8 Å². The van der Waals surface area contributed by atoms with E-state index in [1.807, 2.05) is 12.1 Å².